The quantitative estimate of drug-likeness (QED) is 0.786. The third kappa shape index (κ3) is 3.69. The standard InChI is InChI=1S/C12H16N2OS/c1-4-7-13-12(15)9-14(3)10(2)11-6-5-8-16-11/h1,5-6,8,10H,7,9H2,2-3H3,(H,13,15). The van der Waals surface area contributed by atoms with E-state index in [-0.39, 0.29) is 11.9 Å². The van der Waals surface area contributed by atoms with Crippen molar-refractivity contribution >= 4 is 17.2 Å². The Morgan fingerprint density at radius 2 is 2.50 bits per heavy atom. The zero-order valence-electron chi connectivity index (χ0n) is 9.56. The molecule has 1 amide bonds. The molecule has 0 aliphatic rings. The molecule has 0 aromatic carbocycles. The van der Waals surface area contributed by atoms with Crippen LogP contribution in [0.1, 0.15) is 17.8 Å². The van der Waals surface area contributed by atoms with Crippen molar-refractivity contribution in [2.75, 3.05) is 20.1 Å². The summed E-state index contributed by atoms with van der Waals surface area (Å²) in [4.78, 5) is 14.7. The van der Waals surface area contributed by atoms with Crippen molar-refractivity contribution in [2.24, 2.45) is 0 Å². The van der Waals surface area contributed by atoms with E-state index >= 15 is 0 Å². The number of thiophene rings is 1. The Hall–Kier alpha value is -1.31. The maximum absolute atomic E-state index is 11.4. The fourth-order valence-electron chi connectivity index (χ4n) is 1.32. The number of rotatable bonds is 5. The molecule has 0 aliphatic carbocycles. The molecule has 1 unspecified atom stereocenters. The molecular formula is C12H16N2OS. The second-order valence-corrected chi connectivity index (χ2v) is 4.57. The van der Waals surface area contributed by atoms with Crippen molar-refractivity contribution in [3.05, 3.63) is 22.4 Å². The number of hydrogen-bond donors (Lipinski definition) is 1. The van der Waals surface area contributed by atoms with E-state index in [1.54, 1.807) is 11.3 Å². The van der Waals surface area contributed by atoms with Crippen LogP contribution in [0.3, 0.4) is 0 Å². The second kappa shape index (κ2) is 6.31. The van der Waals surface area contributed by atoms with Crippen LogP contribution >= 0.6 is 11.3 Å². The van der Waals surface area contributed by atoms with Crippen molar-refractivity contribution in [1.29, 1.82) is 0 Å². The number of nitrogens with zero attached hydrogens (tertiary/aromatic N) is 1. The Bertz CT molecular complexity index is 367. The lowest BCUT2D eigenvalue weighted by atomic mass is 10.2. The van der Waals surface area contributed by atoms with Crippen molar-refractivity contribution < 1.29 is 4.79 Å². The molecule has 1 atom stereocenters. The highest BCUT2D eigenvalue weighted by Crippen LogP contribution is 2.22. The van der Waals surface area contributed by atoms with Gasteiger partial charge in [0.15, 0.2) is 0 Å². The first kappa shape index (κ1) is 12.8. The van der Waals surface area contributed by atoms with Gasteiger partial charge >= 0.3 is 0 Å². The van der Waals surface area contributed by atoms with E-state index in [9.17, 15) is 4.79 Å². The molecule has 4 heteroatoms. The number of terminal acetylenes is 1. The maximum atomic E-state index is 11.4. The van der Waals surface area contributed by atoms with Gasteiger partial charge < -0.3 is 5.32 Å². The Balaban J connectivity index is 2.43. The highest BCUT2D eigenvalue weighted by molar-refractivity contribution is 7.10. The fraction of sp³-hybridized carbons (Fsp3) is 0.417. The van der Waals surface area contributed by atoms with Gasteiger partial charge in [0.2, 0.25) is 5.91 Å². The average molecular weight is 236 g/mol. The van der Waals surface area contributed by atoms with Gasteiger partial charge in [0.05, 0.1) is 13.1 Å². The van der Waals surface area contributed by atoms with Gasteiger partial charge in [0, 0.05) is 10.9 Å². The predicted octanol–water partition coefficient (Wildman–Crippen LogP) is 1.49. The van der Waals surface area contributed by atoms with Gasteiger partial charge in [-0.3, -0.25) is 9.69 Å². The lowest BCUT2D eigenvalue weighted by Gasteiger charge is -2.22. The minimum absolute atomic E-state index is 0.0381. The topological polar surface area (TPSA) is 32.3 Å². The molecule has 1 N–H and O–H groups in total. The number of likely N-dealkylation sites (N-methyl/N-ethyl adjacent to an activating group) is 1. The summed E-state index contributed by atoms with van der Waals surface area (Å²) < 4.78 is 0. The van der Waals surface area contributed by atoms with Crippen LogP contribution in [-0.2, 0) is 4.79 Å². The monoisotopic (exact) mass is 236 g/mol. The summed E-state index contributed by atoms with van der Waals surface area (Å²) in [5.41, 5.74) is 0. The van der Waals surface area contributed by atoms with Crippen LogP contribution in [0.25, 0.3) is 0 Å². The van der Waals surface area contributed by atoms with Gasteiger partial charge in [-0.25, -0.2) is 0 Å². The molecule has 0 spiro atoms. The number of amides is 1. The van der Waals surface area contributed by atoms with E-state index in [2.05, 4.69) is 24.2 Å². The SMILES string of the molecule is C#CCNC(=O)CN(C)C(C)c1cccs1. The van der Waals surface area contributed by atoms with Crippen LogP contribution < -0.4 is 5.32 Å². The molecular weight excluding hydrogens is 220 g/mol. The molecule has 3 nitrogen and oxygen atoms in total. The summed E-state index contributed by atoms with van der Waals surface area (Å²) in [6, 6.07) is 4.34. The maximum Gasteiger partial charge on any atom is 0.234 e. The highest BCUT2D eigenvalue weighted by atomic mass is 32.1. The van der Waals surface area contributed by atoms with E-state index < -0.39 is 0 Å². The van der Waals surface area contributed by atoms with Gasteiger partial charge in [-0.05, 0) is 25.4 Å². The lowest BCUT2D eigenvalue weighted by molar-refractivity contribution is -0.122. The molecule has 0 saturated heterocycles. The molecule has 0 saturated carbocycles. The van der Waals surface area contributed by atoms with Crippen LogP contribution in [-0.4, -0.2) is 30.9 Å². The summed E-state index contributed by atoms with van der Waals surface area (Å²) in [5, 5.41) is 4.69. The van der Waals surface area contributed by atoms with Crippen LogP contribution in [0.15, 0.2) is 17.5 Å². The summed E-state index contributed by atoms with van der Waals surface area (Å²) in [6.45, 7) is 2.74. The Morgan fingerprint density at radius 1 is 1.75 bits per heavy atom. The first-order chi connectivity index (χ1) is 7.65. The molecule has 1 aromatic heterocycles. The van der Waals surface area contributed by atoms with E-state index in [4.69, 9.17) is 6.42 Å². The van der Waals surface area contributed by atoms with Crippen LogP contribution in [0.2, 0.25) is 0 Å². The van der Waals surface area contributed by atoms with Gasteiger partial charge in [-0.15, -0.1) is 17.8 Å². The van der Waals surface area contributed by atoms with Crippen LogP contribution in [0, 0.1) is 12.3 Å². The number of carbonyl (C=O) groups excluding carboxylic acids is 1. The molecule has 0 bridgehead atoms. The number of nitrogens with one attached hydrogen (secondary N) is 1. The third-order valence-corrected chi connectivity index (χ3v) is 3.44. The Labute approximate surface area is 100 Å². The van der Waals surface area contributed by atoms with Gasteiger partial charge in [0.1, 0.15) is 0 Å². The smallest absolute Gasteiger partial charge is 0.234 e. The fourth-order valence-corrected chi connectivity index (χ4v) is 2.16. The summed E-state index contributed by atoms with van der Waals surface area (Å²) in [6.07, 6.45) is 5.07. The van der Waals surface area contributed by atoms with E-state index in [0.29, 0.717) is 13.1 Å². The van der Waals surface area contributed by atoms with E-state index in [0.717, 1.165) is 0 Å². The molecule has 0 fully saturated rings. The number of carbonyl (C=O) groups is 1. The Kier molecular flexibility index (Phi) is 5.03. The molecule has 0 aliphatic heterocycles. The minimum atomic E-state index is -0.0381. The first-order valence-corrected chi connectivity index (χ1v) is 5.97. The van der Waals surface area contributed by atoms with Gasteiger partial charge in [-0.1, -0.05) is 12.0 Å². The largest absolute Gasteiger partial charge is 0.344 e. The molecule has 1 aromatic rings. The Morgan fingerprint density at radius 3 is 3.06 bits per heavy atom. The minimum Gasteiger partial charge on any atom is -0.344 e. The van der Waals surface area contributed by atoms with Crippen molar-refractivity contribution in [2.45, 2.75) is 13.0 Å². The van der Waals surface area contributed by atoms with Crippen molar-refractivity contribution in [3.8, 4) is 12.3 Å². The zero-order valence-corrected chi connectivity index (χ0v) is 10.4. The summed E-state index contributed by atoms with van der Waals surface area (Å²) >= 11 is 1.70. The second-order valence-electron chi connectivity index (χ2n) is 3.59. The summed E-state index contributed by atoms with van der Waals surface area (Å²) in [5.74, 6) is 2.34. The van der Waals surface area contributed by atoms with E-state index in [1.165, 1.54) is 4.88 Å². The number of hydrogen-bond acceptors (Lipinski definition) is 3. The average Bonchev–Trinajstić information content (AvgIpc) is 2.78. The van der Waals surface area contributed by atoms with Crippen LogP contribution in [0.5, 0.6) is 0 Å². The lowest BCUT2D eigenvalue weighted by Crippen LogP contribution is -2.36. The molecule has 86 valence electrons. The van der Waals surface area contributed by atoms with Gasteiger partial charge in [-0.2, -0.15) is 0 Å². The van der Waals surface area contributed by atoms with E-state index in [1.807, 2.05) is 23.4 Å². The third-order valence-electron chi connectivity index (χ3n) is 2.40. The van der Waals surface area contributed by atoms with Crippen molar-refractivity contribution in [3.63, 3.8) is 0 Å². The molecule has 1 rings (SSSR count). The van der Waals surface area contributed by atoms with Crippen molar-refractivity contribution in [1.82, 2.24) is 10.2 Å². The predicted molar refractivity (Wildman–Crippen MR) is 67.2 cm³/mol. The molecule has 0 radical (unpaired) electrons. The zero-order chi connectivity index (χ0) is 12.0. The highest BCUT2D eigenvalue weighted by Gasteiger charge is 2.14. The summed E-state index contributed by atoms with van der Waals surface area (Å²) in [7, 11) is 1.93. The first-order valence-electron chi connectivity index (χ1n) is 5.09. The normalized spacial score (nSPS) is 12.1. The molecule has 16 heavy (non-hydrogen) atoms. The molecule has 1 heterocycles. The van der Waals surface area contributed by atoms with Crippen LogP contribution in [0.4, 0.5) is 0 Å². The van der Waals surface area contributed by atoms with Gasteiger partial charge in [0.25, 0.3) is 0 Å².